The second-order valence-corrected chi connectivity index (χ2v) is 8.65. The molecule has 0 aliphatic heterocycles. The summed E-state index contributed by atoms with van der Waals surface area (Å²) in [7, 11) is 0. The molecule has 0 unspecified atom stereocenters. The Balaban J connectivity index is 0.000000170. The van der Waals surface area contributed by atoms with Crippen LogP contribution in [0, 0.1) is 46.5 Å². The van der Waals surface area contributed by atoms with Gasteiger partial charge in [0.1, 0.15) is 22.7 Å². The lowest BCUT2D eigenvalue weighted by Crippen LogP contribution is -2.12. The van der Waals surface area contributed by atoms with Crippen LogP contribution in [0.15, 0.2) is 47.8 Å². The summed E-state index contributed by atoms with van der Waals surface area (Å²) in [4.78, 5) is 24.2. The van der Waals surface area contributed by atoms with Crippen molar-refractivity contribution < 1.29 is 35.1 Å². The molecule has 14 heteroatoms. The minimum absolute atomic E-state index is 0.0338. The molecule has 0 spiro atoms. The third-order valence-electron chi connectivity index (χ3n) is 5.37. The Morgan fingerprint density at radius 2 is 1.24 bits per heavy atom. The van der Waals surface area contributed by atoms with E-state index in [0.29, 0.717) is 4.88 Å². The molecule has 0 saturated carbocycles. The van der Waals surface area contributed by atoms with Gasteiger partial charge in [-0.05, 0) is 17.5 Å². The fraction of sp³-hybridized carbons (Fsp3) is 0. The quantitative estimate of drug-likeness (QED) is 0.143. The van der Waals surface area contributed by atoms with Gasteiger partial charge in [0, 0.05) is 4.70 Å². The Bertz CT molecular complexity index is 1920. The fourth-order valence-electron chi connectivity index (χ4n) is 3.63. The van der Waals surface area contributed by atoms with Crippen LogP contribution in [0.5, 0.6) is 0 Å². The van der Waals surface area contributed by atoms with Crippen molar-refractivity contribution in [2.45, 2.75) is 0 Å². The highest BCUT2D eigenvalue weighted by Crippen LogP contribution is 2.37. The van der Waals surface area contributed by atoms with Gasteiger partial charge in [0.2, 0.25) is 0 Å². The number of hydrogen-bond acceptors (Lipinski definition) is 5. The van der Waals surface area contributed by atoms with Crippen molar-refractivity contribution in [2.24, 2.45) is 0 Å². The summed E-state index contributed by atoms with van der Waals surface area (Å²) in [6, 6.07) is 9.14. The molecular formula is C24H8F8N4OS. The number of H-pyrrole nitrogens is 1. The molecule has 3 aromatic carbocycles. The van der Waals surface area contributed by atoms with Gasteiger partial charge in [0.05, 0.1) is 22.3 Å². The van der Waals surface area contributed by atoms with Gasteiger partial charge in [-0.3, -0.25) is 4.79 Å². The van der Waals surface area contributed by atoms with Gasteiger partial charge < -0.3 is 4.98 Å². The summed E-state index contributed by atoms with van der Waals surface area (Å²) in [6.45, 7) is 0. The predicted octanol–water partition coefficient (Wildman–Crippen LogP) is 6.55. The molecule has 0 radical (unpaired) electrons. The summed E-state index contributed by atoms with van der Waals surface area (Å²) in [5.74, 6) is -14.2. The first-order valence-electron chi connectivity index (χ1n) is 10.3. The van der Waals surface area contributed by atoms with Gasteiger partial charge in [-0.15, -0.1) is 11.3 Å². The van der Waals surface area contributed by atoms with E-state index in [2.05, 4.69) is 15.0 Å². The van der Waals surface area contributed by atoms with Crippen LogP contribution in [0.1, 0.15) is 0 Å². The molecule has 0 saturated heterocycles. The van der Waals surface area contributed by atoms with Crippen molar-refractivity contribution in [3.8, 4) is 10.6 Å². The Hall–Kier alpha value is -4.46. The molecule has 6 aromatic rings. The molecule has 5 nitrogen and oxygen atoms in total. The third kappa shape index (κ3) is 3.93. The maximum absolute atomic E-state index is 14.2. The molecule has 0 atom stereocenters. The summed E-state index contributed by atoms with van der Waals surface area (Å²) < 4.78 is 107. The summed E-state index contributed by atoms with van der Waals surface area (Å²) in [5.41, 5.74) is -2.46. The van der Waals surface area contributed by atoms with Crippen molar-refractivity contribution in [3.63, 3.8) is 0 Å². The number of thiophene rings is 1. The van der Waals surface area contributed by atoms with E-state index in [0.717, 1.165) is 22.7 Å². The normalized spacial score (nSPS) is 11.3. The number of nitrogens with zero attached hydrogens (tertiary/aromatic N) is 3. The molecule has 3 aromatic heterocycles. The summed E-state index contributed by atoms with van der Waals surface area (Å²) >= 11 is 1.29. The Morgan fingerprint density at radius 3 is 1.89 bits per heavy atom. The molecule has 0 aliphatic rings. The van der Waals surface area contributed by atoms with Crippen LogP contribution >= 0.6 is 11.3 Å². The van der Waals surface area contributed by atoms with E-state index in [-0.39, 0.29) is 5.69 Å². The van der Waals surface area contributed by atoms with Crippen LogP contribution in [0.2, 0.25) is 0 Å². The largest absolute Gasteiger partial charge is 0.313 e. The Labute approximate surface area is 209 Å². The van der Waals surface area contributed by atoms with E-state index in [9.17, 15) is 39.9 Å². The van der Waals surface area contributed by atoms with Gasteiger partial charge in [-0.2, -0.15) is 0 Å². The number of aromatic amines is 1. The number of aromatic nitrogens is 4. The maximum atomic E-state index is 14.2. The zero-order valence-electron chi connectivity index (χ0n) is 18.2. The lowest BCUT2D eigenvalue weighted by atomic mass is 10.1. The lowest BCUT2D eigenvalue weighted by Gasteiger charge is -2.07. The Kier molecular flexibility index (Phi) is 6.26. The second-order valence-electron chi connectivity index (χ2n) is 7.56. The number of benzene rings is 3. The van der Waals surface area contributed by atoms with Crippen LogP contribution < -0.4 is 5.56 Å². The average Bonchev–Trinajstić information content (AvgIpc) is 3.36. The van der Waals surface area contributed by atoms with Crippen molar-refractivity contribution in [1.82, 2.24) is 19.9 Å². The summed E-state index contributed by atoms with van der Waals surface area (Å²) in [6.07, 6.45) is 1.77. The van der Waals surface area contributed by atoms with Crippen molar-refractivity contribution in [3.05, 3.63) is 99.9 Å². The van der Waals surface area contributed by atoms with E-state index >= 15 is 0 Å². The van der Waals surface area contributed by atoms with Gasteiger partial charge in [-0.25, -0.2) is 50.1 Å². The maximum Gasteiger partial charge on any atom is 0.261 e. The minimum Gasteiger partial charge on any atom is -0.313 e. The molecule has 0 aliphatic carbocycles. The van der Waals surface area contributed by atoms with E-state index in [1.165, 1.54) is 11.3 Å². The average molecular weight is 552 g/mol. The van der Waals surface area contributed by atoms with E-state index in [1.54, 1.807) is 6.07 Å². The molecule has 0 fully saturated rings. The third-order valence-corrected chi connectivity index (χ3v) is 6.49. The second kappa shape index (κ2) is 9.45. The minimum atomic E-state index is -2.03. The van der Waals surface area contributed by atoms with Gasteiger partial charge in [0.25, 0.3) is 5.56 Å². The highest BCUT2D eigenvalue weighted by atomic mass is 32.1. The number of hydrogen-bond donors (Lipinski definition) is 1. The predicted molar refractivity (Wildman–Crippen MR) is 122 cm³/mol. The Morgan fingerprint density at radius 1 is 0.658 bits per heavy atom. The molecule has 192 valence electrons. The smallest absolute Gasteiger partial charge is 0.261 e. The molecular weight excluding hydrogens is 544 g/mol. The molecule has 1 N–H and O–H groups in total. The van der Waals surface area contributed by atoms with E-state index < -0.39 is 73.9 Å². The van der Waals surface area contributed by atoms with E-state index in [1.807, 2.05) is 29.2 Å². The number of nitrogens with one attached hydrogen (secondary N) is 1. The van der Waals surface area contributed by atoms with Crippen LogP contribution in [-0.2, 0) is 0 Å². The van der Waals surface area contributed by atoms with Crippen LogP contribution in [-0.4, -0.2) is 19.9 Å². The highest BCUT2D eigenvalue weighted by molar-refractivity contribution is 7.22. The van der Waals surface area contributed by atoms with Crippen LogP contribution in [0.25, 0.3) is 42.5 Å². The number of rotatable bonds is 1. The number of fused-ring (bicyclic) bond motifs is 3. The van der Waals surface area contributed by atoms with Crippen molar-refractivity contribution in [1.29, 1.82) is 0 Å². The van der Waals surface area contributed by atoms with Gasteiger partial charge >= 0.3 is 0 Å². The van der Waals surface area contributed by atoms with Gasteiger partial charge in [0.15, 0.2) is 46.5 Å². The van der Waals surface area contributed by atoms with Gasteiger partial charge in [-0.1, -0.05) is 18.2 Å². The molecule has 6 rings (SSSR count). The molecule has 0 bridgehead atoms. The summed E-state index contributed by atoms with van der Waals surface area (Å²) in [5, 5.41) is -0.507. The highest BCUT2D eigenvalue weighted by Gasteiger charge is 2.25. The SMILES string of the molecule is Fc1c(F)c(F)c2c(-c3cc4ccccc4s3)ncnc2c1F.O=c1[nH]cnc2c(F)c(F)c(F)c(F)c12. The van der Waals surface area contributed by atoms with Crippen molar-refractivity contribution >= 4 is 43.2 Å². The molecule has 3 heterocycles. The zero-order valence-corrected chi connectivity index (χ0v) is 19.0. The molecule has 0 amide bonds. The first-order chi connectivity index (χ1) is 18.1. The lowest BCUT2D eigenvalue weighted by molar-refractivity contribution is 0.416. The van der Waals surface area contributed by atoms with E-state index in [4.69, 9.17) is 0 Å². The first kappa shape index (κ1) is 25.2. The monoisotopic (exact) mass is 552 g/mol. The van der Waals surface area contributed by atoms with Crippen LogP contribution in [0.4, 0.5) is 35.1 Å². The number of halogens is 8. The van der Waals surface area contributed by atoms with Crippen LogP contribution in [0.3, 0.4) is 0 Å². The zero-order chi connectivity index (χ0) is 27.3. The fourth-order valence-corrected chi connectivity index (χ4v) is 4.69. The molecule has 38 heavy (non-hydrogen) atoms. The standard InChI is InChI=1S/C16H6F4N2S.C8H2F4N2O/c17-11-10-15(9-5-7-3-1-2-4-8(7)23-9)21-6-22-16(10)14(20)13(19)12(11)18;9-3-2-7(13-1-14-8(2)15)6(12)5(11)4(3)10/h1-6H;1H,(H,13,14,15). The first-order valence-corrected chi connectivity index (χ1v) is 11.1. The van der Waals surface area contributed by atoms with Crippen molar-refractivity contribution in [2.75, 3.05) is 0 Å². The topological polar surface area (TPSA) is 71.5 Å².